The van der Waals surface area contributed by atoms with Crippen molar-refractivity contribution in [3.63, 3.8) is 0 Å². The molecule has 0 aliphatic heterocycles. The number of rotatable bonds is 8. The first-order valence-corrected chi connectivity index (χ1v) is 12.5. The molecule has 3 rings (SSSR count). The van der Waals surface area contributed by atoms with E-state index in [2.05, 4.69) is 26.0 Å². The largest absolute Gasteiger partial charge is 0.378 e. The fourth-order valence-corrected chi connectivity index (χ4v) is 6.25. The second-order valence-corrected chi connectivity index (χ2v) is 10.1. The average molecular weight is 375 g/mol. The van der Waals surface area contributed by atoms with Gasteiger partial charge in [0.15, 0.2) is 0 Å². The quantitative estimate of drug-likeness (QED) is 0.392. The summed E-state index contributed by atoms with van der Waals surface area (Å²) in [6.07, 6.45) is 26.6. The minimum atomic E-state index is 0.574. The molecule has 0 aromatic carbocycles. The molecule has 3 aliphatic rings. The Labute approximate surface area is 169 Å². The monoisotopic (exact) mass is 374 g/mol. The van der Waals surface area contributed by atoms with Crippen LogP contribution in [-0.4, -0.2) is 12.7 Å². The van der Waals surface area contributed by atoms with Crippen LogP contribution in [-0.2, 0) is 4.74 Å². The van der Waals surface area contributed by atoms with Crippen LogP contribution in [0.2, 0.25) is 0 Å². The van der Waals surface area contributed by atoms with Gasteiger partial charge in [-0.25, -0.2) is 0 Å². The van der Waals surface area contributed by atoms with Gasteiger partial charge in [0, 0.05) is 6.61 Å². The summed E-state index contributed by atoms with van der Waals surface area (Å²) in [6.45, 7) is 5.57. The zero-order valence-corrected chi connectivity index (χ0v) is 18.3. The highest BCUT2D eigenvalue weighted by atomic mass is 16.5. The van der Waals surface area contributed by atoms with Crippen LogP contribution in [0.1, 0.15) is 110 Å². The van der Waals surface area contributed by atoms with Crippen molar-refractivity contribution in [1.82, 2.24) is 0 Å². The summed E-state index contributed by atoms with van der Waals surface area (Å²) in [5.41, 5.74) is 0. The molecule has 0 aromatic heterocycles. The van der Waals surface area contributed by atoms with E-state index in [4.69, 9.17) is 4.74 Å². The van der Waals surface area contributed by atoms with Crippen molar-refractivity contribution in [3.8, 4) is 0 Å². The van der Waals surface area contributed by atoms with Crippen molar-refractivity contribution in [2.24, 2.45) is 29.6 Å². The van der Waals surface area contributed by atoms with Crippen LogP contribution in [0.15, 0.2) is 12.2 Å². The first-order chi connectivity index (χ1) is 13.3. The molecule has 0 N–H and O–H groups in total. The Kier molecular flexibility index (Phi) is 9.23. The van der Waals surface area contributed by atoms with Crippen molar-refractivity contribution in [1.29, 1.82) is 0 Å². The topological polar surface area (TPSA) is 9.23 Å². The van der Waals surface area contributed by atoms with Crippen LogP contribution in [0.3, 0.4) is 0 Å². The second-order valence-electron chi connectivity index (χ2n) is 10.1. The zero-order chi connectivity index (χ0) is 18.9. The molecule has 1 heteroatoms. The van der Waals surface area contributed by atoms with Crippen LogP contribution < -0.4 is 0 Å². The highest BCUT2D eigenvalue weighted by Crippen LogP contribution is 2.42. The molecule has 0 spiro atoms. The molecule has 27 heavy (non-hydrogen) atoms. The van der Waals surface area contributed by atoms with Gasteiger partial charge in [0.1, 0.15) is 0 Å². The predicted molar refractivity (Wildman–Crippen MR) is 117 cm³/mol. The highest BCUT2D eigenvalue weighted by molar-refractivity contribution is 4.83. The minimum absolute atomic E-state index is 0.574. The van der Waals surface area contributed by atoms with Gasteiger partial charge in [-0.1, -0.05) is 38.3 Å². The maximum atomic E-state index is 6.39. The third kappa shape index (κ3) is 6.91. The first-order valence-electron chi connectivity index (χ1n) is 12.5. The van der Waals surface area contributed by atoms with E-state index in [9.17, 15) is 0 Å². The highest BCUT2D eigenvalue weighted by Gasteiger charge is 2.31. The lowest BCUT2D eigenvalue weighted by atomic mass is 9.69. The van der Waals surface area contributed by atoms with Crippen LogP contribution >= 0.6 is 0 Å². The molecular weight excluding hydrogens is 328 g/mol. The third-order valence-corrected chi connectivity index (χ3v) is 8.37. The van der Waals surface area contributed by atoms with Crippen molar-refractivity contribution >= 4 is 0 Å². The third-order valence-electron chi connectivity index (χ3n) is 8.37. The minimum Gasteiger partial charge on any atom is -0.378 e. The normalized spacial score (nSPS) is 38.3. The molecule has 0 atom stereocenters. The first kappa shape index (κ1) is 21.4. The van der Waals surface area contributed by atoms with Crippen LogP contribution in [0.5, 0.6) is 0 Å². The number of ether oxygens (including phenoxy) is 1. The molecule has 3 aliphatic carbocycles. The Morgan fingerprint density at radius 3 is 1.81 bits per heavy atom. The lowest BCUT2D eigenvalue weighted by Crippen LogP contribution is -2.29. The van der Waals surface area contributed by atoms with Gasteiger partial charge in [-0.15, -0.1) is 0 Å². The molecule has 1 nitrogen and oxygen atoms in total. The summed E-state index contributed by atoms with van der Waals surface area (Å²) in [5, 5.41) is 0. The van der Waals surface area contributed by atoms with E-state index in [-0.39, 0.29) is 0 Å². The van der Waals surface area contributed by atoms with Crippen molar-refractivity contribution < 1.29 is 4.74 Å². The van der Waals surface area contributed by atoms with Gasteiger partial charge in [-0.3, -0.25) is 0 Å². The van der Waals surface area contributed by atoms with Crippen LogP contribution in [0.25, 0.3) is 0 Å². The van der Waals surface area contributed by atoms with Crippen LogP contribution in [0.4, 0.5) is 0 Å². The summed E-state index contributed by atoms with van der Waals surface area (Å²) in [5.74, 6) is 4.98. The van der Waals surface area contributed by atoms with Gasteiger partial charge in [-0.2, -0.15) is 0 Å². The number of hydrogen-bond donors (Lipinski definition) is 0. The number of allylic oxidation sites excluding steroid dienone is 2. The Bertz CT molecular complexity index is 404. The van der Waals surface area contributed by atoms with E-state index in [1.54, 1.807) is 0 Å². The van der Waals surface area contributed by atoms with Gasteiger partial charge in [-0.05, 0) is 114 Å². The Morgan fingerprint density at radius 2 is 1.26 bits per heavy atom. The lowest BCUT2D eigenvalue weighted by molar-refractivity contribution is -0.0128. The molecular formula is C26H46O. The molecule has 0 heterocycles. The van der Waals surface area contributed by atoms with Crippen molar-refractivity contribution in [2.45, 2.75) is 116 Å². The van der Waals surface area contributed by atoms with E-state index < -0.39 is 0 Å². The van der Waals surface area contributed by atoms with Crippen LogP contribution in [0, 0.1) is 29.6 Å². The molecule has 0 amide bonds. The summed E-state index contributed by atoms with van der Waals surface area (Å²) in [4.78, 5) is 0. The van der Waals surface area contributed by atoms with E-state index >= 15 is 0 Å². The van der Waals surface area contributed by atoms with E-state index in [0.29, 0.717) is 6.10 Å². The standard InChI is InChI=1S/C26H46O/c1-3-5-6-7-22-12-18-26(19-13-22)27-20-23-10-16-25(17-11-23)24-14-8-21(4-2)9-15-24/h3,5,21-26H,4,6-20H2,1-2H3. The van der Waals surface area contributed by atoms with Crippen molar-refractivity contribution in [2.75, 3.05) is 6.61 Å². The summed E-state index contributed by atoms with van der Waals surface area (Å²) in [7, 11) is 0. The Morgan fingerprint density at radius 1 is 0.704 bits per heavy atom. The zero-order valence-electron chi connectivity index (χ0n) is 18.3. The summed E-state index contributed by atoms with van der Waals surface area (Å²) >= 11 is 0. The predicted octanol–water partition coefficient (Wildman–Crippen LogP) is 7.94. The maximum Gasteiger partial charge on any atom is 0.0575 e. The second kappa shape index (κ2) is 11.6. The lowest BCUT2D eigenvalue weighted by Gasteiger charge is -2.38. The summed E-state index contributed by atoms with van der Waals surface area (Å²) in [6, 6.07) is 0. The maximum absolute atomic E-state index is 6.39. The van der Waals surface area contributed by atoms with Gasteiger partial charge < -0.3 is 4.74 Å². The molecule has 0 aromatic rings. The molecule has 0 unspecified atom stereocenters. The smallest absolute Gasteiger partial charge is 0.0575 e. The average Bonchev–Trinajstić information content (AvgIpc) is 2.74. The molecule has 3 saturated carbocycles. The van der Waals surface area contributed by atoms with E-state index in [1.165, 1.54) is 96.3 Å². The molecule has 3 fully saturated rings. The SMILES string of the molecule is CC=CCCC1CCC(OCC2CCC(C3CCC(CC)CC3)CC2)CC1. The van der Waals surface area contributed by atoms with Gasteiger partial charge >= 0.3 is 0 Å². The molecule has 156 valence electrons. The fourth-order valence-electron chi connectivity index (χ4n) is 6.25. The fraction of sp³-hybridized carbons (Fsp3) is 0.923. The van der Waals surface area contributed by atoms with Gasteiger partial charge in [0.05, 0.1) is 6.10 Å². The molecule has 0 radical (unpaired) electrons. The Hall–Kier alpha value is -0.300. The Balaban J connectivity index is 1.26. The molecule has 0 bridgehead atoms. The van der Waals surface area contributed by atoms with E-state index in [1.807, 2.05) is 0 Å². The van der Waals surface area contributed by atoms with Gasteiger partial charge in [0.2, 0.25) is 0 Å². The number of hydrogen-bond acceptors (Lipinski definition) is 1. The van der Waals surface area contributed by atoms with Crippen molar-refractivity contribution in [3.05, 3.63) is 12.2 Å². The van der Waals surface area contributed by atoms with Gasteiger partial charge in [0.25, 0.3) is 0 Å². The summed E-state index contributed by atoms with van der Waals surface area (Å²) < 4.78 is 6.39. The molecule has 0 saturated heterocycles. The van der Waals surface area contributed by atoms with E-state index in [0.717, 1.165) is 36.2 Å².